The molecular formula is C10H13Br2NO. The first-order chi connectivity index (χ1) is 6.45. The van der Waals surface area contributed by atoms with Crippen molar-refractivity contribution in [2.45, 2.75) is 19.9 Å². The summed E-state index contributed by atoms with van der Waals surface area (Å²) in [5.74, 6) is 0.507. The van der Waals surface area contributed by atoms with Crippen LogP contribution in [0.2, 0.25) is 0 Å². The molecule has 2 nitrogen and oxygen atoms in total. The lowest BCUT2D eigenvalue weighted by Gasteiger charge is -2.19. The number of rotatable bonds is 2. The molecule has 0 saturated carbocycles. The van der Waals surface area contributed by atoms with Gasteiger partial charge >= 0.3 is 0 Å². The lowest BCUT2D eigenvalue weighted by molar-refractivity contribution is 0.436. The van der Waals surface area contributed by atoms with Gasteiger partial charge in [-0.1, -0.05) is 29.8 Å². The van der Waals surface area contributed by atoms with E-state index in [2.05, 4.69) is 31.9 Å². The Labute approximate surface area is 101 Å². The van der Waals surface area contributed by atoms with Crippen LogP contribution in [0, 0.1) is 5.92 Å². The Balaban J connectivity index is 3.25. The Morgan fingerprint density at radius 3 is 2.21 bits per heavy atom. The van der Waals surface area contributed by atoms with Crippen molar-refractivity contribution < 1.29 is 5.11 Å². The van der Waals surface area contributed by atoms with Crippen LogP contribution in [-0.4, -0.2) is 5.11 Å². The normalized spacial score (nSPS) is 13.3. The second kappa shape index (κ2) is 4.64. The zero-order valence-corrected chi connectivity index (χ0v) is 11.3. The first-order valence-corrected chi connectivity index (χ1v) is 5.96. The predicted molar refractivity (Wildman–Crippen MR) is 65.3 cm³/mol. The highest BCUT2D eigenvalue weighted by atomic mass is 79.9. The fourth-order valence-corrected chi connectivity index (χ4v) is 2.14. The van der Waals surface area contributed by atoms with E-state index in [0.29, 0.717) is 4.47 Å². The number of aromatic hydroxyl groups is 1. The smallest absolute Gasteiger partial charge is 0.135 e. The van der Waals surface area contributed by atoms with Crippen molar-refractivity contribution in [2.75, 3.05) is 0 Å². The summed E-state index contributed by atoms with van der Waals surface area (Å²) in [6.07, 6.45) is 0. The van der Waals surface area contributed by atoms with Crippen molar-refractivity contribution in [3.8, 4) is 5.75 Å². The van der Waals surface area contributed by atoms with Crippen LogP contribution in [0.15, 0.2) is 21.1 Å². The molecule has 0 heterocycles. The van der Waals surface area contributed by atoms with Gasteiger partial charge in [0.05, 0.1) is 4.47 Å². The fraction of sp³-hybridized carbons (Fsp3) is 0.400. The molecule has 14 heavy (non-hydrogen) atoms. The molecule has 1 atom stereocenters. The summed E-state index contributed by atoms with van der Waals surface area (Å²) in [5, 5.41) is 9.84. The quantitative estimate of drug-likeness (QED) is 0.874. The van der Waals surface area contributed by atoms with Crippen molar-refractivity contribution in [1.29, 1.82) is 0 Å². The van der Waals surface area contributed by atoms with Crippen LogP contribution in [0.1, 0.15) is 25.5 Å². The van der Waals surface area contributed by atoms with Gasteiger partial charge < -0.3 is 10.8 Å². The summed E-state index contributed by atoms with van der Waals surface area (Å²) >= 11 is 6.66. The van der Waals surface area contributed by atoms with E-state index in [9.17, 15) is 5.11 Å². The maximum Gasteiger partial charge on any atom is 0.135 e. The van der Waals surface area contributed by atoms with Gasteiger partial charge in [0, 0.05) is 16.1 Å². The van der Waals surface area contributed by atoms with E-state index < -0.39 is 0 Å². The van der Waals surface area contributed by atoms with Crippen molar-refractivity contribution in [2.24, 2.45) is 11.7 Å². The van der Waals surface area contributed by atoms with Gasteiger partial charge in [0.1, 0.15) is 5.75 Å². The van der Waals surface area contributed by atoms with Gasteiger partial charge in [0.25, 0.3) is 0 Å². The number of hydrogen-bond acceptors (Lipinski definition) is 2. The first-order valence-electron chi connectivity index (χ1n) is 4.37. The van der Waals surface area contributed by atoms with E-state index in [1.165, 1.54) is 0 Å². The zero-order valence-electron chi connectivity index (χ0n) is 8.09. The average Bonchev–Trinajstić information content (AvgIpc) is 2.12. The minimum Gasteiger partial charge on any atom is -0.506 e. The molecule has 0 aromatic heterocycles. The summed E-state index contributed by atoms with van der Waals surface area (Å²) < 4.78 is 1.52. The van der Waals surface area contributed by atoms with Gasteiger partial charge in [0.2, 0.25) is 0 Å². The van der Waals surface area contributed by atoms with Gasteiger partial charge in [0.15, 0.2) is 0 Å². The Hall–Kier alpha value is -0.0600. The molecule has 0 aliphatic carbocycles. The minimum absolute atomic E-state index is 0.165. The third kappa shape index (κ3) is 2.30. The van der Waals surface area contributed by atoms with Gasteiger partial charge in [-0.15, -0.1) is 0 Å². The topological polar surface area (TPSA) is 46.2 Å². The molecule has 0 bridgehead atoms. The molecule has 0 spiro atoms. The van der Waals surface area contributed by atoms with E-state index in [-0.39, 0.29) is 17.7 Å². The molecule has 4 heteroatoms. The largest absolute Gasteiger partial charge is 0.506 e. The molecule has 0 amide bonds. The van der Waals surface area contributed by atoms with Gasteiger partial charge in [-0.25, -0.2) is 0 Å². The Morgan fingerprint density at radius 2 is 1.71 bits per heavy atom. The second-order valence-corrected chi connectivity index (χ2v) is 5.27. The molecule has 0 aliphatic rings. The number of halogens is 2. The summed E-state index contributed by atoms with van der Waals surface area (Å²) in [4.78, 5) is 0. The van der Waals surface area contributed by atoms with Crippen molar-refractivity contribution >= 4 is 31.9 Å². The number of hydrogen-bond donors (Lipinski definition) is 2. The van der Waals surface area contributed by atoms with Crippen LogP contribution in [-0.2, 0) is 0 Å². The summed E-state index contributed by atoms with van der Waals surface area (Å²) in [6.45, 7) is 4.05. The van der Waals surface area contributed by atoms with Crippen LogP contribution in [0.4, 0.5) is 0 Å². The first kappa shape index (κ1) is 12.0. The molecule has 0 aliphatic heterocycles. The van der Waals surface area contributed by atoms with E-state index >= 15 is 0 Å². The lowest BCUT2D eigenvalue weighted by atomic mass is 9.96. The fourth-order valence-electron chi connectivity index (χ4n) is 1.21. The number of phenolic OH excluding ortho intramolecular Hbond substituents is 1. The van der Waals surface area contributed by atoms with Gasteiger partial charge in [-0.05, 0) is 34.0 Å². The standard InChI is InChI=1S/C10H13Br2NO/c1-5(2)9(13)8-6(11)3-4-7(12)10(8)14/h3-5,9,14H,13H2,1-2H3/t9-/m1/s1. The molecular weight excluding hydrogens is 310 g/mol. The molecule has 0 fully saturated rings. The molecule has 0 radical (unpaired) electrons. The Bertz CT molecular complexity index is 339. The van der Waals surface area contributed by atoms with Gasteiger partial charge in [-0.2, -0.15) is 0 Å². The van der Waals surface area contributed by atoms with Crippen LogP contribution in [0.25, 0.3) is 0 Å². The highest BCUT2D eigenvalue weighted by molar-refractivity contribution is 9.11. The average molecular weight is 323 g/mol. The molecule has 0 saturated heterocycles. The zero-order chi connectivity index (χ0) is 10.9. The highest BCUT2D eigenvalue weighted by Gasteiger charge is 2.19. The highest BCUT2D eigenvalue weighted by Crippen LogP contribution is 2.38. The van der Waals surface area contributed by atoms with Crippen LogP contribution >= 0.6 is 31.9 Å². The summed E-state index contributed by atoms with van der Waals surface area (Å²) in [5.41, 5.74) is 6.76. The molecule has 78 valence electrons. The predicted octanol–water partition coefficient (Wildman–Crippen LogP) is 3.57. The van der Waals surface area contributed by atoms with E-state index in [0.717, 1.165) is 10.0 Å². The summed E-state index contributed by atoms with van der Waals surface area (Å²) in [7, 11) is 0. The number of phenols is 1. The van der Waals surface area contributed by atoms with Crippen LogP contribution < -0.4 is 5.73 Å². The van der Waals surface area contributed by atoms with Crippen molar-refractivity contribution in [1.82, 2.24) is 0 Å². The van der Waals surface area contributed by atoms with Gasteiger partial charge in [-0.3, -0.25) is 0 Å². The number of benzene rings is 1. The SMILES string of the molecule is CC(C)[C@@H](N)c1c(Br)ccc(Br)c1O. The molecule has 0 unspecified atom stereocenters. The van der Waals surface area contributed by atoms with Crippen molar-refractivity contribution in [3.05, 3.63) is 26.6 Å². The van der Waals surface area contributed by atoms with Crippen molar-refractivity contribution in [3.63, 3.8) is 0 Å². The minimum atomic E-state index is -0.165. The molecule has 1 aromatic carbocycles. The van der Waals surface area contributed by atoms with E-state index in [1.54, 1.807) is 6.07 Å². The Morgan fingerprint density at radius 1 is 1.21 bits per heavy atom. The third-order valence-electron chi connectivity index (χ3n) is 2.17. The van der Waals surface area contributed by atoms with Crippen LogP contribution in [0.5, 0.6) is 5.75 Å². The van der Waals surface area contributed by atoms with E-state index in [4.69, 9.17) is 5.73 Å². The monoisotopic (exact) mass is 321 g/mol. The lowest BCUT2D eigenvalue weighted by Crippen LogP contribution is -2.17. The molecule has 1 aromatic rings. The van der Waals surface area contributed by atoms with E-state index in [1.807, 2.05) is 19.9 Å². The third-order valence-corrected chi connectivity index (χ3v) is 3.50. The number of nitrogens with two attached hydrogens (primary N) is 1. The molecule has 3 N–H and O–H groups in total. The molecule has 1 rings (SSSR count). The maximum atomic E-state index is 9.84. The Kier molecular flexibility index (Phi) is 3.98. The summed E-state index contributed by atoms with van der Waals surface area (Å²) in [6, 6.07) is 3.50. The maximum absolute atomic E-state index is 9.84. The second-order valence-electron chi connectivity index (χ2n) is 3.56. The van der Waals surface area contributed by atoms with Crippen LogP contribution in [0.3, 0.4) is 0 Å².